The van der Waals surface area contributed by atoms with Crippen molar-refractivity contribution < 1.29 is 9.53 Å². The van der Waals surface area contributed by atoms with Crippen LogP contribution in [0.2, 0.25) is 0 Å². The van der Waals surface area contributed by atoms with Gasteiger partial charge >= 0.3 is 0 Å². The second kappa shape index (κ2) is 7.22. The fourth-order valence-electron chi connectivity index (χ4n) is 3.61. The predicted octanol–water partition coefficient (Wildman–Crippen LogP) is 3.98. The summed E-state index contributed by atoms with van der Waals surface area (Å²) in [5.74, 6) is 1.31. The molecule has 2 saturated heterocycles. The Bertz CT molecular complexity index is 713. The molecule has 2 aliphatic heterocycles. The Balaban J connectivity index is 1.35. The Morgan fingerprint density at radius 1 is 1.00 bits per heavy atom. The molecule has 0 bridgehead atoms. The lowest BCUT2D eigenvalue weighted by Crippen LogP contribution is -2.45. The molecule has 4 rings (SSSR count). The Morgan fingerprint density at radius 2 is 1.68 bits per heavy atom. The minimum atomic E-state index is -0.00584. The van der Waals surface area contributed by atoms with Gasteiger partial charge in [0.15, 0.2) is 0 Å². The fraction of sp³-hybridized carbons (Fsp3) is 0.381. The lowest BCUT2D eigenvalue weighted by atomic mass is 10.0. The van der Waals surface area contributed by atoms with E-state index in [-0.39, 0.29) is 10.8 Å². The third kappa shape index (κ3) is 3.75. The van der Waals surface area contributed by atoms with E-state index >= 15 is 0 Å². The van der Waals surface area contributed by atoms with Gasteiger partial charge in [0.1, 0.15) is 4.93 Å². The minimum absolute atomic E-state index is 0.00584. The molecule has 0 radical (unpaired) electrons. The smallest absolute Gasteiger partial charge is 0.226 e. The van der Waals surface area contributed by atoms with Crippen LogP contribution in [0, 0.1) is 0 Å². The highest BCUT2D eigenvalue weighted by molar-refractivity contribution is 8.00. The van der Waals surface area contributed by atoms with E-state index in [1.54, 1.807) is 0 Å². The first-order chi connectivity index (χ1) is 12.2. The van der Waals surface area contributed by atoms with Crippen molar-refractivity contribution in [2.24, 2.45) is 0 Å². The van der Waals surface area contributed by atoms with E-state index in [1.807, 2.05) is 34.9 Å². The molecule has 1 amide bonds. The molecule has 2 aromatic carbocycles. The molecule has 2 fully saturated rings. The van der Waals surface area contributed by atoms with Gasteiger partial charge in [-0.25, -0.2) is 0 Å². The Kier molecular flexibility index (Phi) is 4.82. The molecule has 1 spiro atoms. The predicted molar refractivity (Wildman–Crippen MR) is 103 cm³/mol. The average Bonchev–Trinajstić information content (AvgIpc) is 3.11. The summed E-state index contributed by atoms with van der Waals surface area (Å²) < 4.78 is 5.91. The monoisotopic (exact) mass is 353 g/mol. The summed E-state index contributed by atoms with van der Waals surface area (Å²) in [6, 6.07) is 18.7. The van der Waals surface area contributed by atoms with Crippen molar-refractivity contribution in [3.05, 3.63) is 60.2 Å². The topological polar surface area (TPSA) is 29.5 Å². The lowest BCUT2D eigenvalue weighted by Gasteiger charge is -2.37. The van der Waals surface area contributed by atoms with Gasteiger partial charge in [-0.15, -0.1) is 11.8 Å². The zero-order chi connectivity index (χ0) is 17.1. The molecule has 2 aromatic rings. The van der Waals surface area contributed by atoms with E-state index in [4.69, 9.17) is 4.74 Å². The third-order valence-electron chi connectivity index (χ3n) is 5.11. The first-order valence-corrected chi connectivity index (χ1v) is 9.93. The Labute approximate surface area is 153 Å². The van der Waals surface area contributed by atoms with E-state index in [0.29, 0.717) is 6.42 Å². The summed E-state index contributed by atoms with van der Waals surface area (Å²) in [6.07, 6.45) is 2.39. The van der Waals surface area contributed by atoms with Crippen LogP contribution >= 0.6 is 11.8 Å². The van der Waals surface area contributed by atoms with Crippen LogP contribution in [-0.4, -0.2) is 41.2 Å². The van der Waals surface area contributed by atoms with Gasteiger partial charge in [-0.2, -0.15) is 0 Å². The van der Waals surface area contributed by atoms with Gasteiger partial charge in [0.2, 0.25) is 5.91 Å². The quantitative estimate of drug-likeness (QED) is 0.836. The maximum absolute atomic E-state index is 12.6. The molecule has 2 aliphatic rings. The number of rotatable bonds is 3. The SMILES string of the molecule is O=C(Cc1ccc(-c2ccccc2)cc1)N1CCC2(CC1)OCCS2. The van der Waals surface area contributed by atoms with Gasteiger partial charge in [0.25, 0.3) is 0 Å². The van der Waals surface area contributed by atoms with Crippen molar-refractivity contribution in [3.63, 3.8) is 0 Å². The van der Waals surface area contributed by atoms with Crippen molar-refractivity contribution in [2.75, 3.05) is 25.4 Å². The summed E-state index contributed by atoms with van der Waals surface area (Å²) in [4.78, 5) is 14.6. The summed E-state index contributed by atoms with van der Waals surface area (Å²) in [7, 11) is 0. The molecule has 2 heterocycles. The molecule has 0 saturated carbocycles. The molecule has 3 nitrogen and oxygen atoms in total. The van der Waals surface area contributed by atoms with Gasteiger partial charge in [-0.3, -0.25) is 4.79 Å². The number of hydrogen-bond donors (Lipinski definition) is 0. The minimum Gasteiger partial charge on any atom is -0.363 e. The second-order valence-corrected chi connectivity index (χ2v) is 8.17. The normalized spacial score (nSPS) is 19.3. The maximum atomic E-state index is 12.6. The van der Waals surface area contributed by atoms with Crippen LogP contribution in [0.5, 0.6) is 0 Å². The number of nitrogens with zero attached hydrogens (tertiary/aromatic N) is 1. The molecule has 0 unspecified atom stereocenters. The van der Waals surface area contributed by atoms with Crippen molar-refractivity contribution >= 4 is 17.7 Å². The second-order valence-electron chi connectivity index (χ2n) is 6.73. The number of carbonyl (C=O) groups is 1. The molecule has 0 N–H and O–H groups in total. The largest absolute Gasteiger partial charge is 0.363 e. The summed E-state index contributed by atoms with van der Waals surface area (Å²) >= 11 is 1.92. The summed E-state index contributed by atoms with van der Waals surface area (Å²) in [5, 5.41) is 0. The molecular weight excluding hydrogens is 330 g/mol. The number of hydrogen-bond acceptors (Lipinski definition) is 3. The number of thioether (sulfide) groups is 1. The van der Waals surface area contributed by atoms with Gasteiger partial charge in [0, 0.05) is 31.7 Å². The summed E-state index contributed by atoms with van der Waals surface area (Å²) in [6.45, 7) is 2.48. The average molecular weight is 353 g/mol. The number of amides is 1. The van der Waals surface area contributed by atoms with Crippen LogP contribution < -0.4 is 0 Å². The highest BCUT2D eigenvalue weighted by Crippen LogP contribution is 2.41. The van der Waals surface area contributed by atoms with Crippen molar-refractivity contribution in [3.8, 4) is 11.1 Å². The number of carbonyl (C=O) groups excluding carboxylic acids is 1. The number of piperidine rings is 1. The Morgan fingerprint density at radius 3 is 2.32 bits per heavy atom. The highest BCUT2D eigenvalue weighted by atomic mass is 32.2. The standard InChI is InChI=1S/C21H23NO2S/c23-20(22-12-10-21(11-13-22)24-14-15-25-21)16-17-6-8-19(9-7-17)18-4-2-1-3-5-18/h1-9H,10-16H2. The maximum Gasteiger partial charge on any atom is 0.226 e. The van der Waals surface area contributed by atoms with Gasteiger partial charge in [0.05, 0.1) is 13.0 Å². The Hall–Kier alpha value is -1.78. The molecule has 25 heavy (non-hydrogen) atoms. The molecular formula is C21H23NO2S. The summed E-state index contributed by atoms with van der Waals surface area (Å²) in [5.41, 5.74) is 3.47. The number of ether oxygens (including phenoxy) is 1. The first kappa shape index (κ1) is 16.7. The van der Waals surface area contributed by atoms with E-state index in [2.05, 4.69) is 36.4 Å². The van der Waals surface area contributed by atoms with E-state index in [1.165, 1.54) is 11.1 Å². The first-order valence-electron chi connectivity index (χ1n) is 8.94. The van der Waals surface area contributed by atoms with Crippen LogP contribution in [-0.2, 0) is 16.0 Å². The molecule has 4 heteroatoms. The van der Waals surface area contributed by atoms with Gasteiger partial charge < -0.3 is 9.64 Å². The molecule has 0 atom stereocenters. The molecule has 130 valence electrons. The molecule has 0 aliphatic carbocycles. The van der Waals surface area contributed by atoms with Crippen LogP contribution in [0.4, 0.5) is 0 Å². The zero-order valence-electron chi connectivity index (χ0n) is 14.3. The molecule has 0 aromatic heterocycles. The van der Waals surface area contributed by atoms with Crippen LogP contribution in [0.25, 0.3) is 11.1 Å². The van der Waals surface area contributed by atoms with Crippen molar-refractivity contribution in [2.45, 2.75) is 24.2 Å². The lowest BCUT2D eigenvalue weighted by molar-refractivity contribution is -0.133. The van der Waals surface area contributed by atoms with Crippen LogP contribution in [0.3, 0.4) is 0 Å². The third-order valence-corrected chi connectivity index (χ3v) is 6.53. The number of benzene rings is 2. The van der Waals surface area contributed by atoms with Gasteiger partial charge in [-0.05, 0) is 16.7 Å². The van der Waals surface area contributed by atoms with E-state index in [0.717, 1.165) is 43.9 Å². The van der Waals surface area contributed by atoms with Crippen LogP contribution in [0.1, 0.15) is 18.4 Å². The highest BCUT2D eigenvalue weighted by Gasteiger charge is 2.40. The zero-order valence-corrected chi connectivity index (χ0v) is 15.1. The van der Waals surface area contributed by atoms with Crippen LogP contribution in [0.15, 0.2) is 54.6 Å². The van der Waals surface area contributed by atoms with Crippen molar-refractivity contribution in [1.29, 1.82) is 0 Å². The number of likely N-dealkylation sites (tertiary alicyclic amines) is 1. The van der Waals surface area contributed by atoms with E-state index < -0.39 is 0 Å². The van der Waals surface area contributed by atoms with Crippen molar-refractivity contribution in [1.82, 2.24) is 4.90 Å². The fourth-order valence-corrected chi connectivity index (χ4v) is 4.79. The van der Waals surface area contributed by atoms with Gasteiger partial charge in [-0.1, -0.05) is 54.6 Å². The van der Waals surface area contributed by atoms with E-state index in [9.17, 15) is 4.79 Å².